The van der Waals surface area contributed by atoms with Crippen molar-refractivity contribution < 1.29 is 0 Å². The summed E-state index contributed by atoms with van der Waals surface area (Å²) >= 11 is 0. The fourth-order valence-corrected chi connectivity index (χ4v) is 8.74. The van der Waals surface area contributed by atoms with E-state index in [2.05, 4.69) is 229 Å². The van der Waals surface area contributed by atoms with Crippen molar-refractivity contribution >= 4 is 43.4 Å². The highest BCUT2D eigenvalue weighted by Gasteiger charge is 2.18. The standard InChI is InChI=1S/C56H37N/c1-3-13-38(14-4-1)41-23-25-42(26-24-41)45-29-30-53-52-21-11-12-22-54(52)57(56(53)37-45)55-32-31-49(50-19-9-10-20-51(50)55)48-35-46(39-15-5-2-6-16-39)34-47(36-48)44-28-27-40-17-7-8-18-43(40)33-44/h1-37H. The molecule has 0 fully saturated rings. The maximum atomic E-state index is 2.47. The Hall–Kier alpha value is -7.48. The van der Waals surface area contributed by atoms with E-state index in [0.29, 0.717) is 0 Å². The van der Waals surface area contributed by atoms with E-state index >= 15 is 0 Å². The molecular weight excluding hydrogens is 687 g/mol. The van der Waals surface area contributed by atoms with Crippen LogP contribution in [-0.4, -0.2) is 4.57 Å². The molecule has 1 aromatic heterocycles. The van der Waals surface area contributed by atoms with Crippen LogP contribution < -0.4 is 0 Å². The summed E-state index contributed by atoms with van der Waals surface area (Å²) in [6.45, 7) is 0. The van der Waals surface area contributed by atoms with E-state index in [1.807, 2.05) is 0 Å². The lowest BCUT2D eigenvalue weighted by atomic mass is 9.90. The van der Waals surface area contributed by atoms with Crippen LogP contribution in [0.1, 0.15) is 0 Å². The van der Waals surface area contributed by atoms with Gasteiger partial charge in [-0.1, -0.05) is 182 Å². The Morgan fingerprint density at radius 2 is 0.719 bits per heavy atom. The van der Waals surface area contributed by atoms with Gasteiger partial charge in [0, 0.05) is 16.2 Å². The SMILES string of the molecule is c1ccc(-c2ccc(-c3ccc4c5ccccc5n(-c5ccc(-c6cc(-c7ccccc7)cc(-c7ccc8ccccc8c7)c6)c6ccccc56)c4c3)cc2)cc1. The lowest BCUT2D eigenvalue weighted by Gasteiger charge is -2.17. The minimum Gasteiger partial charge on any atom is -0.309 e. The molecule has 1 heteroatoms. The maximum Gasteiger partial charge on any atom is 0.0547 e. The Labute approximate surface area is 332 Å². The Bertz CT molecular complexity index is 3260. The van der Waals surface area contributed by atoms with Gasteiger partial charge in [-0.05, 0) is 114 Å². The summed E-state index contributed by atoms with van der Waals surface area (Å²) in [5.74, 6) is 0. The largest absolute Gasteiger partial charge is 0.309 e. The summed E-state index contributed by atoms with van der Waals surface area (Å²) in [4.78, 5) is 0. The Kier molecular flexibility index (Phi) is 7.89. The van der Waals surface area contributed by atoms with E-state index in [4.69, 9.17) is 0 Å². The van der Waals surface area contributed by atoms with Gasteiger partial charge in [-0.3, -0.25) is 0 Å². The number of hydrogen-bond acceptors (Lipinski definition) is 0. The molecule has 266 valence electrons. The van der Waals surface area contributed by atoms with E-state index in [-0.39, 0.29) is 0 Å². The van der Waals surface area contributed by atoms with Crippen molar-refractivity contribution in [3.05, 3.63) is 224 Å². The van der Waals surface area contributed by atoms with Crippen molar-refractivity contribution in [2.75, 3.05) is 0 Å². The quantitative estimate of drug-likeness (QED) is 0.161. The predicted octanol–water partition coefficient (Wildman–Crippen LogP) is 15.4. The van der Waals surface area contributed by atoms with Crippen molar-refractivity contribution in [2.24, 2.45) is 0 Å². The van der Waals surface area contributed by atoms with Gasteiger partial charge in [0.2, 0.25) is 0 Å². The van der Waals surface area contributed by atoms with Crippen molar-refractivity contribution in [3.63, 3.8) is 0 Å². The average molecular weight is 724 g/mol. The van der Waals surface area contributed by atoms with Gasteiger partial charge in [-0.15, -0.1) is 0 Å². The molecule has 0 amide bonds. The zero-order chi connectivity index (χ0) is 37.7. The zero-order valence-corrected chi connectivity index (χ0v) is 31.3. The summed E-state index contributed by atoms with van der Waals surface area (Å²) in [6.07, 6.45) is 0. The first-order valence-corrected chi connectivity index (χ1v) is 19.7. The Morgan fingerprint density at radius 3 is 1.47 bits per heavy atom. The average Bonchev–Trinajstić information content (AvgIpc) is 3.62. The van der Waals surface area contributed by atoms with Crippen LogP contribution in [0.4, 0.5) is 0 Å². The molecule has 0 saturated carbocycles. The lowest BCUT2D eigenvalue weighted by molar-refractivity contribution is 1.20. The molecule has 0 aliphatic rings. The van der Waals surface area contributed by atoms with E-state index < -0.39 is 0 Å². The number of aromatic nitrogens is 1. The van der Waals surface area contributed by atoms with Crippen molar-refractivity contribution in [1.29, 1.82) is 0 Å². The molecule has 1 heterocycles. The maximum absolute atomic E-state index is 2.47. The second-order valence-electron chi connectivity index (χ2n) is 14.9. The normalized spacial score (nSPS) is 11.5. The van der Waals surface area contributed by atoms with Gasteiger partial charge in [-0.2, -0.15) is 0 Å². The number of nitrogens with zero attached hydrogens (tertiary/aromatic N) is 1. The van der Waals surface area contributed by atoms with Gasteiger partial charge in [0.1, 0.15) is 0 Å². The molecule has 0 unspecified atom stereocenters. The molecule has 0 aliphatic heterocycles. The lowest BCUT2D eigenvalue weighted by Crippen LogP contribution is -1.97. The molecule has 0 atom stereocenters. The minimum atomic E-state index is 1.17. The fraction of sp³-hybridized carbons (Fsp3) is 0. The molecular formula is C56H37N. The van der Waals surface area contributed by atoms with Crippen molar-refractivity contribution in [1.82, 2.24) is 4.57 Å². The highest BCUT2D eigenvalue weighted by atomic mass is 15.0. The molecule has 11 aromatic rings. The summed E-state index contributed by atoms with van der Waals surface area (Å²) in [5, 5.41) is 7.44. The molecule has 0 bridgehead atoms. The first kappa shape index (κ1) is 32.9. The van der Waals surface area contributed by atoms with E-state index in [1.165, 1.54) is 105 Å². The minimum absolute atomic E-state index is 1.17. The van der Waals surface area contributed by atoms with E-state index in [0.717, 1.165) is 0 Å². The highest BCUT2D eigenvalue weighted by molar-refractivity contribution is 6.12. The molecule has 0 radical (unpaired) electrons. The number of rotatable bonds is 6. The van der Waals surface area contributed by atoms with Gasteiger partial charge in [0.25, 0.3) is 0 Å². The third kappa shape index (κ3) is 5.80. The Morgan fingerprint density at radius 1 is 0.228 bits per heavy atom. The Balaban J connectivity index is 1.09. The predicted molar refractivity (Wildman–Crippen MR) is 243 cm³/mol. The van der Waals surface area contributed by atoms with Gasteiger partial charge < -0.3 is 4.57 Å². The summed E-state index contributed by atoms with van der Waals surface area (Å²) in [6, 6.07) is 82.1. The first-order valence-electron chi connectivity index (χ1n) is 19.7. The van der Waals surface area contributed by atoms with Gasteiger partial charge in [0.15, 0.2) is 0 Å². The molecule has 0 saturated heterocycles. The van der Waals surface area contributed by atoms with Crippen LogP contribution in [0, 0.1) is 0 Å². The van der Waals surface area contributed by atoms with Crippen LogP contribution >= 0.6 is 0 Å². The molecule has 0 N–H and O–H groups in total. The number of fused-ring (bicyclic) bond motifs is 5. The summed E-state index contributed by atoms with van der Waals surface area (Å²) < 4.78 is 2.47. The van der Waals surface area contributed by atoms with E-state index in [9.17, 15) is 0 Å². The molecule has 57 heavy (non-hydrogen) atoms. The third-order valence-corrected chi connectivity index (χ3v) is 11.6. The molecule has 11 rings (SSSR count). The molecule has 0 aliphatic carbocycles. The van der Waals surface area contributed by atoms with Crippen LogP contribution in [-0.2, 0) is 0 Å². The number of benzene rings is 10. The topological polar surface area (TPSA) is 4.93 Å². The van der Waals surface area contributed by atoms with Gasteiger partial charge in [0.05, 0.1) is 16.7 Å². The molecule has 10 aromatic carbocycles. The zero-order valence-electron chi connectivity index (χ0n) is 31.3. The van der Waals surface area contributed by atoms with Crippen molar-refractivity contribution in [3.8, 4) is 61.3 Å². The number of para-hydroxylation sites is 1. The van der Waals surface area contributed by atoms with Crippen LogP contribution in [0.2, 0.25) is 0 Å². The third-order valence-electron chi connectivity index (χ3n) is 11.6. The molecule has 1 nitrogen and oxygen atoms in total. The summed E-state index contributed by atoms with van der Waals surface area (Å²) in [5.41, 5.74) is 15.7. The monoisotopic (exact) mass is 723 g/mol. The van der Waals surface area contributed by atoms with Crippen LogP contribution in [0.25, 0.3) is 105 Å². The van der Waals surface area contributed by atoms with Crippen LogP contribution in [0.5, 0.6) is 0 Å². The van der Waals surface area contributed by atoms with E-state index in [1.54, 1.807) is 0 Å². The second kappa shape index (κ2) is 13.7. The number of hydrogen-bond donors (Lipinski definition) is 0. The van der Waals surface area contributed by atoms with Crippen LogP contribution in [0.3, 0.4) is 0 Å². The highest BCUT2D eigenvalue weighted by Crippen LogP contribution is 2.41. The first-order chi connectivity index (χ1) is 28.2. The fourth-order valence-electron chi connectivity index (χ4n) is 8.74. The smallest absolute Gasteiger partial charge is 0.0547 e. The van der Waals surface area contributed by atoms with Crippen molar-refractivity contribution in [2.45, 2.75) is 0 Å². The van der Waals surface area contributed by atoms with Gasteiger partial charge >= 0.3 is 0 Å². The van der Waals surface area contributed by atoms with Crippen LogP contribution in [0.15, 0.2) is 224 Å². The van der Waals surface area contributed by atoms with Gasteiger partial charge in [-0.25, -0.2) is 0 Å². The second-order valence-corrected chi connectivity index (χ2v) is 14.9. The molecule has 0 spiro atoms. The summed E-state index contributed by atoms with van der Waals surface area (Å²) in [7, 11) is 0.